The zero-order valence-corrected chi connectivity index (χ0v) is 17.9. The Morgan fingerprint density at radius 3 is 2.73 bits per heavy atom. The van der Waals surface area contributed by atoms with Crippen LogP contribution in [0.2, 0.25) is 0 Å². The van der Waals surface area contributed by atoms with Crippen LogP contribution < -0.4 is 10.1 Å². The number of benzene rings is 1. The van der Waals surface area contributed by atoms with Gasteiger partial charge in [-0.05, 0) is 50.6 Å². The van der Waals surface area contributed by atoms with Crippen LogP contribution in [-0.4, -0.2) is 37.1 Å². The molecule has 0 bridgehead atoms. The van der Waals surface area contributed by atoms with E-state index in [1.54, 1.807) is 4.52 Å². The fourth-order valence-electron chi connectivity index (χ4n) is 3.00. The first-order chi connectivity index (χ1) is 14.5. The van der Waals surface area contributed by atoms with Crippen molar-refractivity contribution in [2.24, 2.45) is 0 Å². The fourth-order valence-corrected chi connectivity index (χ4v) is 3.73. The largest absolute Gasteiger partial charge is 0.494 e. The number of carbonyl (C=O) groups is 1. The van der Waals surface area contributed by atoms with Crippen molar-refractivity contribution in [1.29, 1.82) is 0 Å². The van der Waals surface area contributed by atoms with Crippen LogP contribution >= 0.6 is 11.3 Å². The number of hydrogen-bond donors (Lipinski definition) is 1. The van der Waals surface area contributed by atoms with Crippen LogP contribution in [0.1, 0.15) is 30.6 Å². The van der Waals surface area contributed by atoms with E-state index in [1.807, 2.05) is 49.6 Å². The van der Waals surface area contributed by atoms with Gasteiger partial charge in [0.05, 0.1) is 18.7 Å². The molecule has 0 aliphatic carbocycles. The third kappa shape index (κ3) is 4.46. The molecule has 0 aliphatic heterocycles. The Labute approximate surface area is 178 Å². The van der Waals surface area contributed by atoms with Crippen LogP contribution in [0.25, 0.3) is 17.0 Å². The average Bonchev–Trinajstić information content (AvgIpc) is 3.33. The van der Waals surface area contributed by atoms with E-state index in [1.165, 1.54) is 11.3 Å². The van der Waals surface area contributed by atoms with Gasteiger partial charge in [-0.25, -0.2) is 14.5 Å². The molecule has 1 aromatic carbocycles. The molecule has 0 atom stereocenters. The van der Waals surface area contributed by atoms with Gasteiger partial charge in [0.25, 0.3) is 5.78 Å². The fraction of sp³-hybridized carbons (Fsp3) is 0.286. The van der Waals surface area contributed by atoms with Crippen LogP contribution in [0.5, 0.6) is 5.75 Å². The Kier molecular flexibility index (Phi) is 5.71. The SMILES string of the molecule is CCCOc1ccc(-c2csc(NC(=O)Cc3nc4nc(C)cc(C)n4n3)n2)cc1. The maximum atomic E-state index is 12.4. The molecular weight excluding hydrogens is 400 g/mol. The quantitative estimate of drug-likeness (QED) is 0.486. The highest BCUT2D eigenvalue weighted by atomic mass is 32.1. The standard InChI is InChI=1S/C21H22N6O2S/c1-4-9-29-16-7-5-15(6-8-16)17-12-30-21(23-17)25-19(28)11-18-24-20-22-13(2)10-14(3)27(20)26-18/h5-8,10,12H,4,9,11H2,1-3H3,(H,23,25,28). The van der Waals surface area contributed by atoms with Gasteiger partial charge in [-0.15, -0.1) is 16.4 Å². The van der Waals surface area contributed by atoms with E-state index in [-0.39, 0.29) is 12.3 Å². The number of aromatic nitrogens is 5. The van der Waals surface area contributed by atoms with E-state index in [9.17, 15) is 4.79 Å². The molecule has 8 nitrogen and oxygen atoms in total. The highest BCUT2D eigenvalue weighted by Crippen LogP contribution is 2.26. The lowest BCUT2D eigenvalue weighted by atomic mass is 10.2. The van der Waals surface area contributed by atoms with Gasteiger partial charge < -0.3 is 10.1 Å². The number of rotatable bonds is 7. The molecule has 3 aromatic heterocycles. The summed E-state index contributed by atoms with van der Waals surface area (Å²) < 4.78 is 7.25. The number of ether oxygens (including phenoxy) is 1. The molecule has 30 heavy (non-hydrogen) atoms. The number of aryl methyl sites for hydroxylation is 2. The average molecular weight is 423 g/mol. The lowest BCUT2D eigenvalue weighted by Crippen LogP contribution is -2.15. The summed E-state index contributed by atoms with van der Waals surface area (Å²) in [5.41, 5.74) is 3.56. The molecular formula is C21H22N6O2S. The molecule has 0 spiro atoms. The first kappa shape index (κ1) is 20.0. The third-order valence-electron chi connectivity index (χ3n) is 4.35. The van der Waals surface area contributed by atoms with Crippen LogP contribution in [-0.2, 0) is 11.2 Å². The number of thiazole rings is 1. The van der Waals surface area contributed by atoms with Gasteiger partial charge in [-0.1, -0.05) is 6.92 Å². The molecule has 0 saturated carbocycles. The highest BCUT2D eigenvalue weighted by molar-refractivity contribution is 7.14. The summed E-state index contributed by atoms with van der Waals surface area (Å²) in [4.78, 5) is 25.6. The van der Waals surface area contributed by atoms with E-state index in [0.717, 1.165) is 34.8 Å². The lowest BCUT2D eigenvalue weighted by Gasteiger charge is -2.04. The topological polar surface area (TPSA) is 94.3 Å². The number of nitrogens with one attached hydrogen (secondary N) is 1. The Morgan fingerprint density at radius 1 is 1.17 bits per heavy atom. The van der Waals surface area contributed by atoms with Crippen molar-refractivity contribution >= 4 is 28.2 Å². The molecule has 0 unspecified atom stereocenters. The molecule has 4 rings (SSSR count). The minimum absolute atomic E-state index is 0.0558. The van der Waals surface area contributed by atoms with Crippen molar-refractivity contribution < 1.29 is 9.53 Å². The summed E-state index contributed by atoms with van der Waals surface area (Å²) in [7, 11) is 0. The van der Waals surface area contributed by atoms with Gasteiger partial charge >= 0.3 is 0 Å². The number of anilines is 1. The molecule has 0 aliphatic rings. The second-order valence-corrected chi connectivity index (χ2v) is 7.77. The zero-order chi connectivity index (χ0) is 21.1. The van der Waals surface area contributed by atoms with Crippen molar-refractivity contribution in [3.63, 3.8) is 0 Å². The summed E-state index contributed by atoms with van der Waals surface area (Å²) in [5, 5.41) is 9.65. The summed E-state index contributed by atoms with van der Waals surface area (Å²) in [6.07, 6.45) is 1.03. The Bertz CT molecular complexity index is 1180. The maximum absolute atomic E-state index is 12.4. The van der Waals surface area contributed by atoms with Crippen molar-refractivity contribution in [3.8, 4) is 17.0 Å². The normalized spacial score (nSPS) is 11.0. The Morgan fingerprint density at radius 2 is 1.97 bits per heavy atom. The van der Waals surface area contributed by atoms with E-state index in [0.29, 0.717) is 23.3 Å². The van der Waals surface area contributed by atoms with Gasteiger partial charge in [0, 0.05) is 22.3 Å². The second kappa shape index (κ2) is 8.58. The van der Waals surface area contributed by atoms with Gasteiger partial charge in [0.1, 0.15) is 5.75 Å². The molecule has 3 heterocycles. The molecule has 1 N–H and O–H groups in total. The highest BCUT2D eigenvalue weighted by Gasteiger charge is 2.14. The van der Waals surface area contributed by atoms with E-state index >= 15 is 0 Å². The summed E-state index contributed by atoms with van der Waals surface area (Å²) >= 11 is 1.38. The Balaban J connectivity index is 1.41. The molecule has 1 amide bonds. The summed E-state index contributed by atoms with van der Waals surface area (Å²) in [6, 6.07) is 9.70. The van der Waals surface area contributed by atoms with Crippen LogP contribution in [0.4, 0.5) is 5.13 Å². The molecule has 4 aromatic rings. The van der Waals surface area contributed by atoms with Crippen molar-refractivity contribution in [3.05, 3.63) is 52.9 Å². The minimum Gasteiger partial charge on any atom is -0.494 e. The van der Waals surface area contributed by atoms with E-state index < -0.39 is 0 Å². The monoisotopic (exact) mass is 422 g/mol. The second-order valence-electron chi connectivity index (χ2n) is 6.91. The predicted molar refractivity (Wildman–Crippen MR) is 116 cm³/mol. The number of fused-ring (bicyclic) bond motifs is 1. The predicted octanol–water partition coefficient (Wildman–Crippen LogP) is 3.83. The third-order valence-corrected chi connectivity index (χ3v) is 5.11. The van der Waals surface area contributed by atoms with Crippen LogP contribution in [0.3, 0.4) is 0 Å². The van der Waals surface area contributed by atoms with Crippen molar-refractivity contribution in [1.82, 2.24) is 24.6 Å². The van der Waals surface area contributed by atoms with Gasteiger partial charge in [0.15, 0.2) is 11.0 Å². The summed E-state index contributed by atoms with van der Waals surface area (Å²) in [5.74, 6) is 1.54. The molecule has 9 heteroatoms. The first-order valence-corrected chi connectivity index (χ1v) is 10.6. The van der Waals surface area contributed by atoms with Crippen molar-refractivity contribution in [2.45, 2.75) is 33.6 Å². The van der Waals surface area contributed by atoms with Gasteiger partial charge in [-0.2, -0.15) is 4.98 Å². The maximum Gasteiger partial charge on any atom is 0.252 e. The van der Waals surface area contributed by atoms with Gasteiger partial charge in [0.2, 0.25) is 5.91 Å². The molecule has 0 fully saturated rings. The van der Waals surface area contributed by atoms with Crippen LogP contribution in [0.15, 0.2) is 35.7 Å². The first-order valence-electron chi connectivity index (χ1n) is 9.70. The minimum atomic E-state index is -0.218. The number of hydrogen-bond acceptors (Lipinski definition) is 7. The number of nitrogens with zero attached hydrogens (tertiary/aromatic N) is 5. The lowest BCUT2D eigenvalue weighted by molar-refractivity contribution is -0.115. The molecule has 0 saturated heterocycles. The van der Waals surface area contributed by atoms with E-state index in [4.69, 9.17) is 4.74 Å². The Hall–Kier alpha value is -3.33. The van der Waals surface area contributed by atoms with E-state index in [2.05, 4.69) is 32.3 Å². The van der Waals surface area contributed by atoms with Gasteiger partial charge in [-0.3, -0.25) is 4.79 Å². The summed E-state index contributed by atoms with van der Waals surface area (Å²) in [6.45, 7) is 6.60. The smallest absolute Gasteiger partial charge is 0.252 e. The molecule has 0 radical (unpaired) electrons. The van der Waals surface area contributed by atoms with Crippen molar-refractivity contribution in [2.75, 3.05) is 11.9 Å². The zero-order valence-electron chi connectivity index (χ0n) is 17.0. The van der Waals surface area contributed by atoms with Crippen LogP contribution in [0, 0.1) is 13.8 Å². The number of carbonyl (C=O) groups excluding carboxylic acids is 1. The molecule has 154 valence electrons. The number of amides is 1.